The number of anilines is 1. The summed E-state index contributed by atoms with van der Waals surface area (Å²) in [7, 11) is 0. The van der Waals surface area contributed by atoms with Crippen molar-refractivity contribution in [1.82, 2.24) is 25.1 Å². The Bertz CT molecular complexity index is 509. The summed E-state index contributed by atoms with van der Waals surface area (Å²) in [6.45, 7) is 6.60. The molecule has 0 aliphatic rings. The van der Waals surface area contributed by atoms with Crippen molar-refractivity contribution in [3.8, 4) is 0 Å². The van der Waals surface area contributed by atoms with Crippen LogP contribution in [0.2, 0.25) is 0 Å². The molecule has 0 spiro atoms. The minimum absolute atomic E-state index is 0.669. The van der Waals surface area contributed by atoms with Gasteiger partial charge in [0.1, 0.15) is 22.5 Å². The molecule has 0 radical (unpaired) electrons. The van der Waals surface area contributed by atoms with Crippen LogP contribution in [0.3, 0.4) is 0 Å². The van der Waals surface area contributed by atoms with Crippen molar-refractivity contribution in [3.63, 3.8) is 0 Å². The first-order valence-corrected chi connectivity index (χ1v) is 6.15. The molecule has 90 valence electrons. The summed E-state index contributed by atoms with van der Waals surface area (Å²) < 4.78 is 0. The Balaban J connectivity index is 2.20. The lowest BCUT2D eigenvalue weighted by atomic mass is 10.5. The van der Waals surface area contributed by atoms with Gasteiger partial charge in [0, 0.05) is 12.6 Å². The summed E-state index contributed by atoms with van der Waals surface area (Å²) >= 11 is 1.42. The number of nitrogens with one attached hydrogen (secondary N) is 2. The number of aromatic amines is 1. The fraction of sp³-hybridized carbons (Fsp3) is 0.400. The Hall–Kier alpha value is -1.63. The SMILES string of the molecule is CCNc1cc(Sc2n[nH]c(C)n2)nc(C)n1. The maximum atomic E-state index is 4.34. The molecule has 0 atom stereocenters. The highest BCUT2D eigenvalue weighted by atomic mass is 32.2. The van der Waals surface area contributed by atoms with Crippen molar-refractivity contribution in [2.45, 2.75) is 31.0 Å². The van der Waals surface area contributed by atoms with Crippen LogP contribution in [-0.4, -0.2) is 31.7 Å². The molecular formula is C10H14N6S. The summed E-state index contributed by atoms with van der Waals surface area (Å²) in [6, 6.07) is 1.90. The molecule has 0 saturated heterocycles. The van der Waals surface area contributed by atoms with Gasteiger partial charge in [-0.3, -0.25) is 5.10 Å². The van der Waals surface area contributed by atoms with Crippen molar-refractivity contribution < 1.29 is 0 Å². The van der Waals surface area contributed by atoms with Gasteiger partial charge in [-0.05, 0) is 32.5 Å². The lowest BCUT2D eigenvalue weighted by molar-refractivity contribution is 0.939. The minimum Gasteiger partial charge on any atom is -0.370 e. The topological polar surface area (TPSA) is 79.4 Å². The molecule has 0 saturated carbocycles. The second-order valence-corrected chi connectivity index (χ2v) is 4.46. The molecule has 7 heteroatoms. The molecule has 2 rings (SSSR count). The molecule has 2 heterocycles. The zero-order chi connectivity index (χ0) is 12.3. The first-order chi connectivity index (χ1) is 8.17. The average Bonchev–Trinajstić information content (AvgIpc) is 2.63. The molecule has 0 bridgehead atoms. The Kier molecular flexibility index (Phi) is 3.58. The highest BCUT2D eigenvalue weighted by Gasteiger charge is 2.06. The number of rotatable bonds is 4. The molecule has 0 aliphatic carbocycles. The largest absolute Gasteiger partial charge is 0.370 e. The van der Waals surface area contributed by atoms with Gasteiger partial charge >= 0.3 is 0 Å². The third kappa shape index (κ3) is 3.16. The molecule has 0 aromatic carbocycles. The van der Waals surface area contributed by atoms with Crippen molar-refractivity contribution in [2.24, 2.45) is 0 Å². The molecule has 0 unspecified atom stereocenters. The maximum Gasteiger partial charge on any atom is 0.214 e. The quantitative estimate of drug-likeness (QED) is 0.805. The van der Waals surface area contributed by atoms with Crippen LogP contribution in [0.15, 0.2) is 16.2 Å². The summed E-state index contributed by atoms with van der Waals surface area (Å²) in [5.74, 6) is 2.36. The zero-order valence-corrected chi connectivity index (χ0v) is 10.8. The molecule has 2 N–H and O–H groups in total. The van der Waals surface area contributed by atoms with E-state index in [0.717, 1.165) is 29.0 Å². The van der Waals surface area contributed by atoms with Crippen molar-refractivity contribution in [3.05, 3.63) is 17.7 Å². The summed E-state index contributed by atoms with van der Waals surface area (Å²) in [4.78, 5) is 12.9. The Morgan fingerprint density at radius 3 is 2.76 bits per heavy atom. The van der Waals surface area contributed by atoms with E-state index in [9.17, 15) is 0 Å². The molecule has 0 aliphatic heterocycles. The van der Waals surface area contributed by atoms with Gasteiger partial charge in [-0.25, -0.2) is 15.0 Å². The average molecular weight is 250 g/mol. The van der Waals surface area contributed by atoms with Gasteiger partial charge in [-0.2, -0.15) is 0 Å². The monoisotopic (exact) mass is 250 g/mol. The number of nitrogens with zero attached hydrogens (tertiary/aromatic N) is 4. The fourth-order valence-corrected chi connectivity index (χ4v) is 2.13. The van der Waals surface area contributed by atoms with E-state index in [1.54, 1.807) is 0 Å². The van der Waals surface area contributed by atoms with E-state index in [1.807, 2.05) is 26.8 Å². The third-order valence-corrected chi connectivity index (χ3v) is 2.73. The molecule has 2 aromatic heterocycles. The number of H-pyrrole nitrogens is 1. The molecule has 2 aromatic rings. The second kappa shape index (κ2) is 5.13. The van der Waals surface area contributed by atoms with Crippen LogP contribution in [0.4, 0.5) is 5.82 Å². The molecule has 6 nitrogen and oxygen atoms in total. The summed E-state index contributed by atoms with van der Waals surface area (Å²) in [6.07, 6.45) is 0. The molecular weight excluding hydrogens is 236 g/mol. The van der Waals surface area contributed by atoms with Crippen LogP contribution < -0.4 is 5.32 Å². The molecule has 0 amide bonds. The van der Waals surface area contributed by atoms with Crippen LogP contribution in [0.5, 0.6) is 0 Å². The predicted molar refractivity (Wildman–Crippen MR) is 66.2 cm³/mol. The van der Waals surface area contributed by atoms with E-state index in [0.29, 0.717) is 5.16 Å². The molecule has 0 fully saturated rings. The Labute approximate surface area is 104 Å². The van der Waals surface area contributed by atoms with Gasteiger partial charge in [0.2, 0.25) is 5.16 Å². The maximum absolute atomic E-state index is 4.34. The first-order valence-electron chi connectivity index (χ1n) is 5.34. The van der Waals surface area contributed by atoms with Gasteiger partial charge in [0.15, 0.2) is 0 Å². The third-order valence-electron chi connectivity index (χ3n) is 1.94. The lowest BCUT2D eigenvalue weighted by Crippen LogP contribution is -2.02. The number of aromatic nitrogens is 5. The minimum atomic E-state index is 0.669. The van der Waals surface area contributed by atoms with E-state index in [2.05, 4.69) is 30.5 Å². The van der Waals surface area contributed by atoms with Gasteiger partial charge in [-0.1, -0.05) is 0 Å². The van der Waals surface area contributed by atoms with Crippen LogP contribution in [0, 0.1) is 13.8 Å². The van der Waals surface area contributed by atoms with E-state index in [4.69, 9.17) is 0 Å². The van der Waals surface area contributed by atoms with Gasteiger partial charge in [0.05, 0.1) is 0 Å². The van der Waals surface area contributed by atoms with Gasteiger partial charge in [-0.15, -0.1) is 5.10 Å². The summed E-state index contributed by atoms with van der Waals surface area (Å²) in [5, 5.41) is 11.5. The number of hydrogen-bond donors (Lipinski definition) is 2. The summed E-state index contributed by atoms with van der Waals surface area (Å²) in [5.41, 5.74) is 0. The van der Waals surface area contributed by atoms with E-state index >= 15 is 0 Å². The fourth-order valence-electron chi connectivity index (χ4n) is 1.33. The Morgan fingerprint density at radius 2 is 2.12 bits per heavy atom. The smallest absolute Gasteiger partial charge is 0.214 e. The van der Waals surface area contributed by atoms with Crippen molar-refractivity contribution in [2.75, 3.05) is 11.9 Å². The first kappa shape index (κ1) is 11.8. The standard InChI is InChI=1S/C10H14N6S/c1-4-11-8-5-9(13-6(2)12-8)17-10-14-7(3)15-16-10/h5H,4H2,1-3H3,(H,11,12,13)(H,14,15,16). The van der Waals surface area contributed by atoms with E-state index in [1.165, 1.54) is 11.8 Å². The zero-order valence-electron chi connectivity index (χ0n) is 9.98. The van der Waals surface area contributed by atoms with Gasteiger partial charge in [0.25, 0.3) is 0 Å². The predicted octanol–water partition coefficient (Wildman–Crippen LogP) is 1.79. The Morgan fingerprint density at radius 1 is 1.29 bits per heavy atom. The van der Waals surface area contributed by atoms with Crippen LogP contribution in [0.25, 0.3) is 0 Å². The number of hydrogen-bond acceptors (Lipinski definition) is 6. The van der Waals surface area contributed by atoms with Crippen LogP contribution >= 0.6 is 11.8 Å². The van der Waals surface area contributed by atoms with Gasteiger partial charge < -0.3 is 5.32 Å². The lowest BCUT2D eigenvalue weighted by Gasteiger charge is -2.04. The highest BCUT2D eigenvalue weighted by Crippen LogP contribution is 2.24. The normalized spacial score (nSPS) is 10.5. The van der Waals surface area contributed by atoms with E-state index < -0.39 is 0 Å². The number of aryl methyl sites for hydroxylation is 2. The van der Waals surface area contributed by atoms with Crippen molar-refractivity contribution in [1.29, 1.82) is 0 Å². The highest BCUT2D eigenvalue weighted by molar-refractivity contribution is 7.99. The molecule has 17 heavy (non-hydrogen) atoms. The van der Waals surface area contributed by atoms with Crippen LogP contribution in [-0.2, 0) is 0 Å². The van der Waals surface area contributed by atoms with Crippen molar-refractivity contribution >= 4 is 17.6 Å². The van der Waals surface area contributed by atoms with Crippen LogP contribution in [0.1, 0.15) is 18.6 Å². The van der Waals surface area contributed by atoms with E-state index in [-0.39, 0.29) is 0 Å². The second-order valence-electron chi connectivity index (χ2n) is 3.47.